The van der Waals surface area contributed by atoms with Crippen LogP contribution in [0.15, 0.2) is 30.5 Å². The number of para-hydroxylation sites is 1. The van der Waals surface area contributed by atoms with Crippen molar-refractivity contribution in [2.75, 3.05) is 19.6 Å². The zero-order chi connectivity index (χ0) is 13.1. The molecule has 2 aromatic rings. The van der Waals surface area contributed by atoms with Crippen molar-refractivity contribution < 1.29 is 0 Å². The molecule has 0 bridgehead atoms. The molecule has 2 heterocycles. The molecular weight excluding hydrogens is 234 g/mol. The first kappa shape index (κ1) is 12.7. The second-order valence-electron chi connectivity index (χ2n) is 5.52. The Labute approximate surface area is 114 Å². The van der Waals surface area contributed by atoms with Gasteiger partial charge in [0.25, 0.3) is 0 Å². The number of nitrogens with zero attached hydrogens (tertiary/aromatic N) is 1. The third kappa shape index (κ3) is 2.67. The topological polar surface area (TPSA) is 45.0 Å². The molecule has 0 amide bonds. The van der Waals surface area contributed by atoms with Crippen molar-refractivity contribution in [1.29, 1.82) is 0 Å². The van der Waals surface area contributed by atoms with Gasteiger partial charge in [-0.15, -0.1) is 0 Å². The molecule has 0 aliphatic carbocycles. The summed E-state index contributed by atoms with van der Waals surface area (Å²) in [6, 6.07) is 9.27. The molecule has 0 saturated carbocycles. The van der Waals surface area contributed by atoms with E-state index >= 15 is 0 Å². The van der Waals surface area contributed by atoms with Crippen LogP contribution in [-0.4, -0.2) is 35.6 Å². The number of fused-ring (bicyclic) bond motifs is 1. The third-order valence-electron chi connectivity index (χ3n) is 4.34. The fourth-order valence-corrected chi connectivity index (χ4v) is 3.31. The highest BCUT2D eigenvalue weighted by molar-refractivity contribution is 5.83. The van der Waals surface area contributed by atoms with Crippen LogP contribution >= 0.6 is 0 Å². The average Bonchev–Trinajstić information content (AvgIpc) is 3.04. The number of nitrogens with one attached hydrogen (secondary N) is 1. The summed E-state index contributed by atoms with van der Waals surface area (Å²) < 4.78 is 0. The summed E-state index contributed by atoms with van der Waals surface area (Å²) in [6.07, 6.45) is 7.10. The van der Waals surface area contributed by atoms with E-state index in [0.29, 0.717) is 0 Å². The Balaban J connectivity index is 1.65. The smallest absolute Gasteiger partial charge is 0.0456 e. The van der Waals surface area contributed by atoms with Gasteiger partial charge in [-0.05, 0) is 50.4 Å². The number of likely N-dealkylation sites (tertiary alicyclic amines) is 1. The minimum Gasteiger partial charge on any atom is -0.361 e. The van der Waals surface area contributed by atoms with E-state index in [1.165, 1.54) is 35.9 Å². The Morgan fingerprint density at radius 3 is 3.11 bits per heavy atom. The first-order valence-electron chi connectivity index (χ1n) is 7.37. The van der Waals surface area contributed by atoms with Crippen molar-refractivity contribution in [2.45, 2.75) is 31.7 Å². The van der Waals surface area contributed by atoms with Crippen LogP contribution in [0.4, 0.5) is 0 Å². The van der Waals surface area contributed by atoms with Crippen molar-refractivity contribution in [1.82, 2.24) is 9.88 Å². The highest BCUT2D eigenvalue weighted by Crippen LogP contribution is 2.22. The van der Waals surface area contributed by atoms with Crippen LogP contribution in [0.2, 0.25) is 0 Å². The van der Waals surface area contributed by atoms with E-state index in [-0.39, 0.29) is 0 Å². The van der Waals surface area contributed by atoms with E-state index in [4.69, 9.17) is 5.73 Å². The molecule has 1 aromatic heterocycles. The predicted molar refractivity (Wildman–Crippen MR) is 80.3 cm³/mol. The van der Waals surface area contributed by atoms with Gasteiger partial charge in [0.05, 0.1) is 0 Å². The van der Waals surface area contributed by atoms with Gasteiger partial charge in [-0.3, -0.25) is 0 Å². The first-order valence-corrected chi connectivity index (χ1v) is 7.37. The van der Waals surface area contributed by atoms with Crippen molar-refractivity contribution >= 4 is 10.9 Å². The molecule has 1 aromatic carbocycles. The molecule has 1 unspecified atom stereocenters. The molecule has 102 valence electrons. The molecule has 3 heteroatoms. The summed E-state index contributed by atoms with van der Waals surface area (Å²) in [7, 11) is 0. The Morgan fingerprint density at radius 2 is 2.21 bits per heavy atom. The minimum absolute atomic E-state index is 0.718. The Morgan fingerprint density at radius 1 is 1.32 bits per heavy atom. The lowest BCUT2D eigenvalue weighted by Gasteiger charge is -2.23. The van der Waals surface area contributed by atoms with Crippen molar-refractivity contribution in [3.63, 3.8) is 0 Å². The van der Waals surface area contributed by atoms with Gasteiger partial charge in [-0.2, -0.15) is 0 Å². The van der Waals surface area contributed by atoms with Gasteiger partial charge >= 0.3 is 0 Å². The van der Waals surface area contributed by atoms with Gasteiger partial charge in [0.15, 0.2) is 0 Å². The molecule has 1 atom stereocenters. The summed E-state index contributed by atoms with van der Waals surface area (Å²) >= 11 is 0. The number of aromatic amines is 1. The van der Waals surface area contributed by atoms with Gasteiger partial charge in [0.2, 0.25) is 0 Å². The highest BCUT2D eigenvalue weighted by atomic mass is 15.2. The van der Waals surface area contributed by atoms with Gasteiger partial charge < -0.3 is 15.6 Å². The van der Waals surface area contributed by atoms with Gasteiger partial charge in [0.1, 0.15) is 0 Å². The van der Waals surface area contributed by atoms with E-state index in [1.54, 1.807) is 0 Å². The maximum Gasteiger partial charge on any atom is 0.0456 e. The SMILES string of the molecule is NCCC1CCCN1CCc1c[nH]c2ccccc12. The predicted octanol–water partition coefficient (Wildman–Crippen LogP) is 2.52. The summed E-state index contributed by atoms with van der Waals surface area (Å²) in [5.41, 5.74) is 8.39. The van der Waals surface area contributed by atoms with E-state index in [2.05, 4.69) is 40.3 Å². The van der Waals surface area contributed by atoms with Crippen molar-refractivity contribution in [2.24, 2.45) is 5.73 Å². The summed E-state index contributed by atoms with van der Waals surface area (Å²) in [4.78, 5) is 5.98. The zero-order valence-corrected chi connectivity index (χ0v) is 11.4. The molecule has 1 aliphatic rings. The van der Waals surface area contributed by atoms with E-state index in [9.17, 15) is 0 Å². The van der Waals surface area contributed by atoms with Gasteiger partial charge in [-0.1, -0.05) is 18.2 Å². The number of benzene rings is 1. The number of aromatic nitrogens is 1. The summed E-state index contributed by atoms with van der Waals surface area (Å²) in [5, 5.41) is 1.37. The molecule has 3 nitrogen and oxygen atoms in total. The molecule has 19 heavy (non-hydrogen) atoms. The van der Waals surface area contributed by atoms with Crippen LogP contribution in [0, 0.1) is 0 Å². The molecule has 0 spiro atoms. The largest absolute Gasteiger partial charge is 0.361 e. The van der Waals surface area contributed by atoms with Crippen molar-refractivity contribution in [3.05, 3.63) is 36.0 Å². The Hall–Kier alpha value is -1.32. The average molecular weight is 257 g/mol. The third-order valence-corrected chi connectivity index (χ3v) is 4.34. The lowest BCUT2D eigenvalue weighted by Crippen LogP contribution is -2.32. The Bertz CT molecular complexity index is 532. The van der Waals surface area contributed by atoms with Crippen LogP contribution in [0.1, 0.15) is 24.8 Å². The zero-order valence-electron chi connectivity index (χ0n) is 11.4. The quantitative estimate of drug-likeness (QED) is 0.864. The summed E-state index contributed by atoms with van der Waals surface area (Å²) in [6.45, 7) is 3.22. The van der Waals surface area contributed by atoms with Crippen LogP contribution in [-0.2, 0) is 6.42 Å². The normalized spacial score (nSPS) is 20.4. The molecule has 1 aliphatic heterocycles. The second kappa shape index (κ2) is 5.76. The molecule has 0 radical (unpaired) electrons. The lowest BCUT2D eigenvalue weighted by atomic mass is 10.1. The maximum absolute atomic E-state index is 5.70. The van der Waals surface area contributed by atoms with Crippen molar-refractivity contribution in [3.8, 4) is 0 Å². The fraction of sp³-hybridized carbons (Fsp3) is 0.500. The van der Waals surface area contributed by atoms with Crippen LogP contribution in [0.5, 0.6) is 0 Å². The molecule has 3 rings (SSSR count). The van der Waals surface area contributed by atoms with Crippen LogP contribution in [0.3, 0.4) is 0 Å². The van der Waals surface area contributed by atoms with Crippen LogP contribution < -0.4 is 5.73 Å². The number of hydrogen-bond acceptors (Lipinski definition) is 2. The van der Waals surface area contributed by atoms with Gasteiger partial charge in [-0.25, -0.2) is 0 Å². The molecule has 1 saturated heterocycles. The highest BCUT2D eigenvalue weighted by Gasteiger charge is 2.23. The molecule has 1 fully saturated rings. The number of H-pyrrole nitrogens is 1. The summed E-state index contributed by atoms with van der Waals surface area (Å²) in [5.74, 6) is 0. The Kier molecular flexibility index (Phi) is 3.85. The van der Waals surface area contributed by atoms with E-state index in [0.717, 1.165) is 32.0 Å². The van der Waals surface area contributed by atoms with Gasteiger partial charge in [0, 0.05) is 29.7 Å². The monoisotopic (exact) mass is 257 g/mol. The lowest BCUT2D eigenvalue weighted by molar-refractivity contribution is 0.248. The number of hydrogen-bond donors (Lipinski definition) is 2. The molecule has 3 N–H and O–H groups in total. The first-order chi connectivity index (χ1) is 9.38. The number of rotatable bonds is 5. The fourth-order valence-electron chi connectivity index (χ4n) is 3.31. The second-order valence-corrected chi connectivity index (χ2v) is 5.52. The molecular formula is C16H23N3. The number of nitrogens with two attached hydrogens (primary N) is 1. The van der Waals surface area contributed by atoms with E-state index < -0.39 is 0 Å². The standard InChI is InChI=1S/C16H23N3/c17-9-7-14-4-3-10-19(14)11-8-13-12-18-16-6-2-1-5-15(13)16/h1-2,5-6,12,14,18H,3-4,7-11,17H2. The maximum atomic E-state index is 5.70. The van der Waals surface area contributed by atoms with E-state index in [1.807, 2.05) is 0 Å². The minimum atomic E-state index is 0.718. The van der Waals surface area contributed by atoms with Crippen LogP contribution in [0.25, 0.3) is 10.9 Å².